The number of hydrogen-bond acceptors (Lipinski definition) is 4. The van der Waals surface area contributed by atoms with Gasteiger partial charge in [-0.15, -0.1) is 0 Å². The summed E-state index contributed by atoms with van der Waals surface area (Å²) in [5.74, 6) is -0.413. The summed E-state index contributed by atoms with van der Waals surface area (Å²) in [5.41, 5.74) is 2.36. The van der Waals surface area contributed by atoms with Crippen molar-refractivity contribution >= 4 is 14.3 Å². The molecule has 0 unspecified atom stereocenters. The number of aromatic nitrogens is 1. The normalized spacial score (nSPS) is 12.0. The highest BCUT2D eigenvalue weighted by Crippen LogP contribution is 2.37. The Kier molecular flexibility index (Phi) is 6.14. The molecule has 0 radical (unpaired) electrons. The lowest BCUT2D eigenvalue weighted by Crippen LogP contribution is -2.40. The second-order valence-corrected chi connectivity index (χ2v) is 12.5. The Morgan fingerprint density at radius 1 is 1.04 bits per heavy atom. The number of carbonyl (C=O) groups is 1. The summed E-state index contributed by atoms with van der Waals surface area (Å²) in [5, 5.41) is 0.183. The van der Waals surface area contributed by atoms with Gasteiger partial charge in [0, 0.05) is 6.20 Å². The molecule has 5 heteroatoms. The third kappa shape index (κ3) is 5.51. The van der Waals surface area contributed by atoms with Crippen LogP contribution < -0.4 is 0 Å². The average molecular weight is 358 g/mol. The monoisotopic (exact) mass is 357 g/mol. The first kappa shape index (κ1) is 19.3. The quantitative estimate of drug-likeness (QED) is 0.541. The molecular weight excluding hydrogens is 330 g/mol. The summed E-state index contributed by atoms with van der Waals surface area (Å²) in [7, 11) is -1.78. The molecule has 0 atom stereocenters. The van der Waals surface area contributed by atoms with Crippen molar-refractivity contribution in [2.45, 2.75) is 52.1 Å². The number of esters is 1. The van der Waals surface area contributed by atoms with E-state index < -0.39 is 14.3 Å². The number of carbonyl (C=O) groups excluding carboxylic acids is 1. The van der Waals surface area contributed by atoms with Crippen molar-refractivity contribution in [2.75, 3.05) is 0 Å². The van der Waals surface area contributed by atoms with Crippen LogP contribution in [0, 0.1) is 0 Å². The zero-order valence-electron chi connectivity index (χ0n) is 15.7. The van der Waals surface area contributed by atoms with Gasteiger partial charge in [0.05, 0.1) is 6.61 Å². The van der Waals surface area contributed by atoms with E-state index in [1.165, 1.54) is 0 Å². The van der Waals surface area contributed by atoms with Gasteiger partial charge < -0.3 is 9.16 Å². The van der Waals surface area contributed by atoms with Crippen LogP contribution in [0.5, 0.6) is 0 Å². The number of rotatable bonds is 6. The van der Waals surface area contributed by atoms with Crippen LogP contribution in [-0.2, 0) is 22.4 Å². The predicted molar refractivity (Wildman–Crippen MR) is 102 cm³/mol. The second kappa shape index (κ2) is 7.93. The molecule has 0 amide bonds. The van der Waals surface area contributed by atoms with Crippen molar-refractivity contribution in [2.24, 2.45) is 0 Å². The molecule has 0 saturated heterocycles. The smallest absolute Gasteiger partial charge is 0.357 e. The first-order valence-electron chi connectivity index (χ1n) is 8.49. The molecule has 1 aromatic heterocycles. The highest BCUT2D eigenvalue weighted by molar-refractivity contribution is 6.74. The fourth-order valence-electron chi connectivity index (χ4n) is 2.00. The molecule has 0 saturated carbocycles. The molecule has 1 aromatic carbocycles. The zero-order valence-corrected chi connectivity index (χ0v) is 16.7. The first-order valence-corrected chi connectivity index (χ1v) is 11.4. The fraction of sp³-hybridized carbons (Fsp3) is 0.400. The Bertz CT molecular complexity index is 708. The molecule has 0 aliphatic heterocycles. The van der Waals surface area contributed by atoms with Crippen LogP contribution in [0.4, 0.5) is 0 Å². The number of pyridine rings is 1. The van der Waals surface area contributed by atoms with Crippen LogP contribution in [0.2, 0.25) is 18.1 Å². The summed E-state index contributed by atoms with van der Waals surface area (Å²) < 4.78 is 11.6. The van der Waals surface area contributed by atoms with Crippen molar-refractivity contribution in [1.82, 2.24) is 4.98 Å². The number of hydrogen-bond donors (Lipinski definition) is 0. The van der Waals surface area contributed by atoms with E-state index in [0.29, 0.717) is 12.3 Å². The van der Waals surface area contributed by atoms with Gasteiger partial charge in [0.2, 0.25) is 0 Å². The number of nitrogens with zero attached hydrogens (tertiary/aromatic N) is 1. The van der Waals surface area contributed by atoms with Crippen LogP contribution >= 0.6 is 0 Å². The Morgan fingerprint density at radius 3 is 2.32 bits per heavy atom. The lowest BCUT2D eigenvalue weighted by molar-refractivity contribution is 0.0465. The van der Waals surface area contributed by atoms with E-state index in [0.717, 1.165) is 11.1 Å². The molecule has 0 bridgehead atoms. The van der Waals surface area contributed by atoms with Crippen LogP contribution in [0.3, 0.4) is 0 Å². The Balaban J connectivity index is 1.94. The molecule has 2 aromatic rings. The predicted octanol–water partition coefficient (Wildman–Crippen LogP) is 4.96. The van der Waals surface area contributed by atoms with Crippen molar-refractivity contribution < 1.29 is 14.0 Å². The van der Waals surface area contributed by atoms with Gasteiger partial charge in [-0.3, -0.25) is 0 Å². The van der Waals surface area contributed by atoms with Crippen LogP contribution in [0.15, 0.2) is 48.7 Å². The summed E-state index contributed by atoms with van der Waals surface area (Å²) in [6.07, 6.45) is 1.58. The molecule has 0 fully saturated rings. The van der Waals surface area contributed by atoms with Crippen molar-refractivity contribution in [3.8, 4) is 0 Å². The SMILES string of the molecule is CC(C)(C)[Si](C)(C)OCc1cccc(COC(=O)c2ccccn2)c1. The lowest BCUT2D eigenvalue weighted by atomic mass is 10.1. The van der Waals surface area contributed by atoms with Crippen molar-refractivity contribution in [1.29, 1.82) is 0 Å². The van der Waals surface area contributed by atoms with Gasteiger partial charge in [0.1, 0.15) is 12.3 Å². The van der Waals surface area contributed by atoms with E-state index in [2.05, 4.69) is 38.8 Å². The number of ether oxygens (including phenoxy) is 1. The summed E-state index contributed by atoms with van der Waals surface area (Å²) in [6.45, 7) is 12.0. The molecule has 1 heterocycles. The van der Waals surface area contributed by atoms with E-state index in [4.69, 9.17) is 9.16 Å². The first-order chi connectivity index (χ1) is 11.7. The van der Waals surface area contributed by atoms with E-state index in [-0.39, 0.29) is 11.6 Å². The maximum Gasteiger partial charge on any atom is 0.357 e. The van der Waals surface area contributed by atoms with E-state index in [1.807, 2.05) is 24.3 Å². The summed E-state index contributed by atoms with van der Waals surface area (Å²) >= 11 is 0. The molecular formula is C20H27NO3Si. The van der Waals surface area contributed by atoms with Gasteiger partial charge in [-0.1, -0.05) is 51.1 Å². The van der Waals surface area contributed by atoms with Crippen LogP contribution in [0.1, 0.15) is 42.4 Å². The average Bonchev–Trinajstić information content (AvgIpc) is 2.58. The molecule has 0 N–H and O–H groups in total. The minimum absolute atomic E-state index is 0.183. The Morgan fingerprint density at radius 2 is 1.72 bits per heavy atom. The third-order valence-electron chi connectivity index (χ3n) is 4.64. The van der Waals surface area contributed by atoms with Crippen LogP contribution in [-0.4, -0.2) is 19.3 Å². The third-order valence-corrected chi connectivity index (χ3v) is 9.12. The van der Waals surface area contributed by atoms with Gasteiger partial charge in [0.15, 0.2) is 8.32 Å². The molecule has 2 rings (SSSR count). The maximum atomic E-state index is 12.0. The van der Waals surface area contributed by atoms with Crippen LogP contribution in [0.25, 0.3) is 0 Å². The lowest BCUT2D eigenvalue weighted by Gasteiger charge is -2.36. The largest absolute Gasteiger partial charge is 0.456 e. The van der Waals surface area contributed by atoms with Gasteiger partial charge in [-0.25, -0.2) is 9.78 Å². The minimum atomic E-state index is -1.78. The molecule has 25 heavy (non-hydrogen) atoms. The highest BCUT2D eigenvalue weighted by Gasteiger charge is 2.36. The fourth-order valence-corrected chi connectivity index (χ4v) is 2.96. The van der Waals surface area contributed by atoms with Crippen molar-refractivity contribution in [3.05, 3.63) is 65.5 Å². The molecule has 0 spiro atoms. The topological polar surface area (TPSA) is 48.4 Å². The van der Waals surface area contributed by atoms with E-state index >= 15 is 0 Å². The standard InChI is InChI=1S/C20H27NO3Si/c1-20(2,3)25(4,5)24-15-17-10-8-9-16(13-17)14-23-19(22)18-11-6-7-12-21-18/h6-13H,14-15H2,1-5H3. The van der Waals surface area contributed by atoms with E-state index in [1.54, 1.807) is 24.4 Å². The summed E-state index contributed by atoms with van der Waals surface area (Å²) in [6, 6.07) is 13.2. The van der Waals surface area contributed by atoms with Gasteiger partial charge in [-0.2, -0.15) is 0 Å². The van der Waals surface area contributed by atoms with Gasteiger partial charge in [-0.05, 0) is 41.4 Å². The van der Waals surface area contributed by atoms with E-state index in [9.17, 15) is 4.79 Å². The minimum Gasteiger partial charge on any atom is -0.456 e. The highest BCUT2D eigenvalue weighted by atomic mass is 28.4. The second-order valence-electron chi connectivity index (χ2n) is 7.66. The zero-order chi connectivity index (χ0) is 18.5. The van der Waals surface area contributed by atoms with Gasteiger partial charge in [0.25, 0.3) is 0 Å². The number of benzene rings is 1. The Hall–Kier alpha value is -1.98. The maximum absolute atomic E-state index is 12.0. The molecule has 134 valence electrons. The van der Waals surface area contributed by atoms with Gasteiger partial charge >= 0.3 is 5.97 Å². The summed E-state index contributed by atoms with van der Waals surface area (Å²) in [4.78, 5) is 16.0. The molecule has 4 nitrogen and oxygen atoms in total. The molecule has 0 aliphatic carbocycles. The molecule has 0 aliphatic rings. The van der Waals surface area contributed by atoms with Crippen molar-refractivity contribution in [3.63, 3.8) is 0 Å². The Labute approximate surface area is 151 Å².